The zero-order valence-electron chi connectivity index (χ0n) is 9.34. The monoisotopic (exact) mass is 362 g/mol. The number of nitrogens with one attached hydrogen (secondary N) is 1. The normalized spacial score (nSPS) is 11.3. The van der Waals surface area contributed by atoms with Gasteiger partial charge >= 0.3 is 0 Å². The molecule has 0 unspecified atom stereocenters. The van der Waals surface area contributed by atoms with Crippen molar-refractivity contribution in [2.75, 3.05) is 10.5 Å². The van der Waals surface area contributed by atoms with Crippen LogP contribution < -0.4 is 10.5 Å². The molecule has 100 valence electrons. The first kappa shape index (κ1) is 14.0. The lowest BCUT2D eigenvalue weighted by Crippen LogP contribution is -2.14. The van der Waals surface area contributed by atoms with Crippen molar-refractivity contribution in [2.24, 2.45) is 0 Å². The molecule has 2 aromatic rings. The van der Waals surface area contributed by atoms with Crippen molar-refractivity contribution in [3.8, 4) is 0 Å². The van der Waals surface area contributed by atoms with E-state index in [1.807, 2.05) is 0 Å². The van der Waals surface area contributed by atoms with Crippen LogP contribution in [0.1, 0.15) is 0 Å². The lowest BCUT2D eigenvalue weighted by molar-refractivity contribution is 0.600. The van der Waals surface area contributed by atoms with E-state index in [-0.39, 0.29) is 21.6 Å². The van der Waals surface area contributed by atoms with Crippen LogP contribution in [0.5, 0.6) is 0 Å². The number of nitrogen functional groups attached to an aromatic ring is 1. The zero-order chi connectivity index (χ0) is 14.0. The fraction of sp³-hybridized carbons (Fsp3) is 0. The van der Waals surface area contributed by atoms with Crippen LogP contribution >= 0.6 is 27.5 Å². The number of sulfonamides is 1. The Labute approximate surface area is 123 Å². The standard InChI is InChI=1S/C10H8BrClN4O2S/c11-6-1-2-9(14-4-6)16-19(17,18)7-3-8(12)10(13)15-5-7/h1-5H,(H2,13,15)(H,14,16). The van der Waals surface area contributed by atoms with Crippen molar-refractivity contribution < 1.29 is 8.42 Å². The summed E-state index contributed by atoms with van der Waals surface area (Å²) in [4.78, 5) is 7.53. The summed E-state index contributed by atoms with van der Waals surface area (Å²) >= 11 is 8.95. The van der Waals surface area contributed by atoms with Crippen LogP contribution in [0.15, 0.2) is 40.0 Å². The number of hydrogen-bond acceptors (Lipinski definition) is 5. The Morgan fingerprint density at radius 1 is 1.26 bits per heavy atom. The van der Waals surface area contributed by atoms with Crippen LogP contribution in [0.3, 0.4) is 0 Å². The van der Waals surface area contributed by atoms with Gasteiger partial charge in [0.15, 0.2) is 0 Å². The van der Waals surface area contributed by atoms with E-state index in [9.17, 15) is 8.42 Å². The van der Waals surface area contributed by atoms with Crippen molar-refractivity contribution >= 4 is 49.2 Å². The summed E-state index contributed by atoms with van der Waals surface area (Å²) in [6.07, 6.45) is 2.61. The number of aromatic nitrogens is 2. The fourth-order valence-corrected chi connectivity index (χ4v) is 2.65. The Bertz CT molecular complexity index is 706. The molecule has 2 rings (SSSR count). The fourth-order valence-electron chi connectivity index (χ4n) is 1.21. The summed E-state index contributed by atoms with van der Waals surface area (Å²) in [6.45, 7) is 0. The summed E-state index contributed by atoms with van der Waals surface area (Å²) in [5.74, 6) is 0.263. The van der Waals surface area contributed by atoms with Gasteiger partial charge < -0.3 is 5.73 Å². The quantitative estimate of drug-likeness (QED) is 0.871. The molecule has 0 aromatic carbocycles. The van der Waals surface area contributed by atoms with E-state index in [0.717, 1.165) is 10.7 Å². The van der Waals surface area contributed by atoms with E-state index in [2.05, 4.69) is 30.6 Å². The number of rotatable bonds is 3. The highest BCUT2D eigenvalue weighted by Gasteiger charge is 2.16. The van der Waals surface area contributed by atoms with E-state index in [4.69, 9.17) is 17.3 Å². The second kappa shape index (κ2) is 5.32. The highest BCUT2D eigenvalue weighted by molar-refractivity contribution is 9.10. The molecule has 0 saturated carbocycles. The summed E-state index contributed by atoms with van der Waals surface area (Å²) in [5.41, 5.74) is 5.43. The molecule has 19 heavy (non-hydrogen) atoms. The highest BCUT2D eigenvalue weighted by Crippen LogP contribution is 2.21. The van der Waals surface area contributed by atoms with Crippen LogP contribution in [0.25, 0.3) is 0 Å². The summed E-state index contributed by atoms with van der Waals surface area (Å²) in [5, 5.41) is 0.0756. The first-order chi connectivity index (χ1) is 8.88. The highest BCUT2D eigenvalue weighted by atomic mass is 79.9. The summed E-state index contributed by atoms with van der Waals surface area (Å²) in [6, 6.07) is 4.41. The molecule has 0 aliphatic rings. The van der Waals surface area contributed by atoms with E-state index >= 15 is 0 Å². The first-order valence-electron chi connectivity index (χ1n) is 4.94. The molecular formula is C10H8BrClN4O2S. The molecule has 0 atom stereocenters. The van der Waals surface area contributed by atoms with Crippen LogP contribution in [0.2, 0.25) is 5.02 Å². The van der Waals surface area contributed by atoms with E-state index in [0.29, 0.717) is 0 Å². The van der Waals surface area contributed by atoms with Gasteiger partial charge in [0.05, 0.1) is 5.02 Å². The Morgan fingerprint density at radius 3 is 2.58 bits per heavy atom. The Hall–Kier alpha value is -1.38. The van der Waals surface area contributed by atoms with Gasteiger partial charge in [0.2, 0.25) is 0 Å². The molecule has 9 heteroatoms. The Balaban J connectivity index is 2.32. The molecule has 0 amide bonds. The van der Waals surface area contributed by atoms with Crippen LogP contribution in [-0.2, 0) is 10.0 Å². The summed E-state index contributed by atoms with van der Waals surface area (Å²) in [7, 11) is -3.80. The first-order valence-corrected chi connectivity index (χ1v) is 7.59. The SMILES string of the molecule is Nc1ncc(S(=O)(=O)Nc2ccc(Br)cn2)cc1Cl. The molecule has 6 nitrogen and oxygen atoms in total. The number of halogens is 2. The number of nitrogens with two attached hydrogens (primary N) is 1. The molecule has 2 heterocycles. The van der Waals surface area contributed by atoms with Crippen molar-refractivity contribution in [2.45, 2.75) is 4.90 Å². The Kier molecular flexibility index (Phi) is 3.93. The summed E-state index contributed by atoms with van der Waals surface area (Å²) < 4.78 is 27.1. The van der Waals surface area contributed by atoms with E-state index < -0.39 is 10.0 Å². The van der Waals surface area contributed by atoms with Crippen LogP contribution in [0.4, 0.5) is 11.6 Å². The predicted octanol–water partition coefficient (Wildman–Crippen LogP) is 2.28. The van der Waals surface area contributed by atoms with Gasteiger partial charge in [-0.25, -0.2) is 18.4 Å². The molecule has 0 fully saturated rings. The molecule has 0 bridgehead atoms. The second-order valence-electron chi connectivity index (χ2n) is 3.51. The van der Waals surface area contributed by atoms with Crippen molar-refractivity contribution in [1.29, 1.82) is 0 Å². The topological polar surface area (TPSA) is 98.0 Å². The number of anilines is 2. The molecule has 0 aliphatic carbocycles. The number of nitrogens with zero attached hydrogens (tertiary/aromatic N) is 2. The number of pyridine rings is 2. The molecule has 0 radical (unpaired) electrons. The minimum Gasteiger partial charge on any atom is -0.382 e. The van der Waals surface area contributed by atoms with Crippen molar-refractivity contribution in [3.63, 3.8) is 0 Å². The molecule has 0 aliphatic heterocycles. The largest absolute Gasteiger partial charge is 0.382 e. The van der Waals surface area contributed by atoms with Gasteiger partial charge in [0.1, 0.15) is 16.5 Å². The van der Waals surface area contributed by atoms with E-state index in [1.54, 1.807) is 6.07 Å². The minimum absolute atomic E-state index is 0.0717. The maximum Gasteiger partial charge on any atom is 0.264 e. The minimum atomic E-state index is -3.80. The van der Waals surface area contributed by atoms with Gasteiger partial charge in [0.25, 0.3) is 10.0 Å². The third-order valence-corrected chi connectivity index (χ3v) is 4.21. The lowest BCUT2D eigenvalue weighted by Gasteiger charge is -2.07. The van der Waals surface area contributed by atoms with Gasteiger partial charge in [-0.2, -0.15) is 0 Å². The van der Waals surface area contributed by atoms with E-state index in [1.165, 1.54) is 18.3 Å². The molecule has 2 aromatic heterocycles. The molecule has 0 spiro atoms. The van der Waals surface area contributed by atoms with Gasteiger partial charge in [-0.3, -0.25) is 4.72 Å². The van der Waals surface area contributed by atoms with Gasteiger partial charge in [-0.15, -0.1) is 0 Å². The number of hydrogen-bond donors (Lipinski definition) is 2. The van der Waals surface area contributed by atoms with Gasteiger partial charge in [-0.05, 0) is 34.1 Å². The van der Waals surface area contributed by atoms with Crippen molar-refractivity contribution in [3.05, 3.63) is 40.1 Å². The van der Waals surface area contributed by atoms with Gasteiger partial charge in [-0.1, -0.05) is 11.6 Å². The zero-order valence-corrected chi connectivity index (χ0v) is 12.5. The third-order valence-electron chi connectivity index (χ3n) is 2.12. The third kappa shape index (κ3) is 3.34. The maximum atomic E-state index is 12.0. The van der Waals surface area contributed by atoms with Gasteiger partial charge in [0, 0.05) is 16.9 Å². The predicted molar refractivity (Wildman–Crippen MR) is 76.4 cm³/mol. The second-order valence-corrected chi connectivity index (χ2v) is 6.51. The smallest absolute Gasteiger partial charge is 0.264 e. The van der Waals surface area contributed by atoms with Crippen molar-refractivity contribution in [1.82, 2.24) is 9.97 Å². The Morgan fingerprint density at radius 2 is 2.00 bits per heavy atom. The molecular weight excluding hydrogens is 356 g/mol. The van der Waals surface area contributed by atoms with Crippen LogP contribution in [0, 0.1) is 0 Å². The maximum absolute atomic E-state index is 12.0. The lowest BCUT2D eigenvalue weighted by atomic mass is 10.5. The average Bonchev–Trinajstić information content (AvgIpc) is 2.35. The average molecular weight is 364 g/mol. The molecule has 0 saturated heterocycles. The molecule has 3 N–H and O–H groups in total. The van der Waals surface area contributed by atoms with Crippen LogP contribution in [-0.4, -0.2) is 18.4 Å².